The number of nitrogens with zero attached hydrogens (tertiary/aromatic N) is 2. The first-order valence-corrected chi connectivity index (χ1v) is 7.26. The highest BCUT2D eigenvalue weighted by Crippen LogP contribution is 2.39. The third kappa shape index (κ3) is 1.88. The fourth-order valence-electron chi connectivity index (χ4n) is 2.58. The number of aromatic nitrogens is 3. The van der Waals surface area contributed by atoms with Crippen LogP contribution in [0.4, 0.5) is 0 Å². The zero-order chi connectivity index (χ0) is 12.7. The Morgan fingerprint density at radius 1 is 1.21 bits per heavy atom. The van der Waals surface area contributed by atoms with Crippen LogP contribution >= 0.6 is 11.3 Å². The van der Waals surface area contributed by atoms with E-state index in [1.165, 1.54) is 26.7 Å². The van der Waals surface area contributed by atoms with Crippen molar-refractivity contribution >= 4 is 11.3 Å². The molecule has 0 unspecified atom stereocenters. The molecule has 0 amide bonds. The first kappa shape index (κ1) is 10.9. The van der Waals surface area contributed by atoms with Gasteiger partial charge in [-0.1, -0.05) is 24.3 Å². The van der Waals surface area contributed by atoms with Crippen LogP contribution in [0, 0.1) is 0 Å². The molecule has 19 heavy (non-hydrogen) atoms. The van der Waals surface area contributed by atoms with E-state index in [0.717, 1.165) is 25.0 Å². The van der Waals surface area contributed by atoms with Crippen molar-refractivity contribution in [2.75, 3.05) is 0 Å². The smallest absolute Gasteiger partial charge is 0.0939 e. The van der Waals surface area contributed by atoms with Crippen molar-refractivity contribution in [2.45, 2.75) is 19.3 Å². The zero-order valence-corrected chi connectivity index (χ0v) is 11.2. The summed E-state index contributed by atoms with van der Waals surface area (Å²) in [6.45, 7) is 0. The van der Waals surface area contributed by atoms with Crippen molar-refractivity contribution in [3.05, 3.63) is 57.9 Å². The van der Waals surface area contributed by atoms with Gasteiger partial charge in [0.2, 0.25) is 0 Å². The summed E-state index contributed by atoms with van der Waals surface area (Å²) in [5.41, 5.74) is 5.04. The molecule has 3 aromatic rings. The molecule has 0 atom stereocenters. The quantitative estimate of drug-likeness (QED) is 0.619. The second-order valence-corrected chi connectivity index (χ2v) is 5.94. The van der Waals surface area contributed by atoms with Gasteiger partial charge in [-0.2, -0.15) is 0 Å². The van der Waals surface area contributed by atoms with Gasteiger partial charge in [0.1, 0.15) is 0 Å². The van der Waals surface area contributed by atoms with E-state index in [9.17, 15) is 0 Å². The maximum atomic E-state index is 4.81. The summed E-state index contributed by atoms with van der Waals surface area (Å²) < 4.78 is 0. The van der Waals surface area contributed by atoms with E-state index in [1.54, 1.807) is 6.33 Å². The summed E-state index contributed by atoms with van der Waals surface area (Å²) in [6.07, 6.45) is 6.66. The number of nitrogens with one attached hydrogen (secondary N) is 1. The van der Waals surface area contributed by atoms with E-state index in [0.29, 0.717) is 0 Å². The van der Waals surface area contributed by atoms with Crippen molar-refractivity contribution in [1.29, 1.82) is 0 Å². The Kier molecular flexibility index (Phi) is 2.48. The van der Waals surface area contributed by atoms with Crippen molar-refractivity contribution in [3.8, 4) is 11.3 Å². The van der Waals surface area contributed by atoms with E-state index >= 15 is 0 Å². The lowest BCUT2D eigenvalue weighted by Crippen LogP contribution is -1.91. The van der Waals surface area contributed by atoms with Gasteiger partial charge in [-0.3, -0.25) is 0 Å². The predicted octanol–water partition coefficient (Wildman–Crippen LogP) is 3.22. The van der Waals surface area contributed by atoms with Crippen LogP contribution in [0.2, 0.25) is 0 Å². The highest BCUT2D eigenvalue weighted by Gasteiger charge is 2.22. The molecule has 2 aromatic heterocycles. The molecule has 0 saturated heterocycles. The molecular formula is C15H13N3S. The molecule has 0 spiro atoms. The second kappa shape index (κ2) is 4.31. The molecule has 0 saturated carbocycles. The molecule has 94 valence electrons. The van der Waals surface area contributed by atoms with Crippen LogP contribution in [0.3, 0.4) is 0 Å². The molecule has 3 nitrogen and oxygen atoms in total. The van der Waals surface area contributed by atoms with Crippen LogP contribution in [0.15, 0.2) is 36.8 Å². The van der Waals surface area contributed by atoms with Crippen LogP contribution in [0.25, 0.3) is 11.3 Å². The van der Waals surface area contributed by atoms with Gasteiger partial charge in [-0.15, -0.1) is 11.3 Å². The Bertz CT molecular complexity index is 713. The average molecular weight is 267 g/mol. The second-order valence-electron chi connectivity index (χ2n) is 4.77. The SMILES string of the molecule is c1ccc2c(c1)Cc1sc(CCc3c[nH]cn3)nc1-2. The fourth-order valence-corrected chi connectivity index (χ4v) is 3.68. The van der Waals surface area contributed by atoms with Crippen LogP contribution in [0.5, 0.6) is 0 Å². The summed E-state index contributed by atoms with van der Waals surface area (Å²) in [5.74, 6) is 0. The van der Waals surface area contributed by atoms with Crippen LogP contribution < -0.4 is 0 Å². The minimum Gasteiger partial charge on any atom is -0.351 e. The van der Waals surface area contributed by atoms with Crippen molar-refractivity contribution < 1.29 is 0 Å². The molecule has 1 N–H and O–H groups in total. The number of imidazole rings is 1. The number of aryl methyl sites for hydroxylation is 2. The summed E-state index contributed by atoms with van der Waals surface area (Å²) in [4.78, 5) is 13.5. The molecule has 4 heteroatoms. The number of H-pyrrole nitrogens is 1. The fraction of sp³-hybridized carbons (Fsp3) is 0.200. The van der Waals surface area contributed by atoms with Crippen LogP contribution in [-0.2, 0) is 19.3 Å². The Labute approximate surface area is 115 Å². The van der Waals surface area contributed by atoms with Gasteiger partial charge >= 0.3 is 0 Å². The standard InChI is InChI=1S/C15H13N3S/c1-2-4-12-10(3-1)7-13-15(12)18-14(19-13)6-5-11-8-16-9-17-11/h1-4,8-9H,5-7H2,(H,16,17). The summed E-state index contributed by atoms with van der Waals surface area (Å²) in [6, 6.07) is 8.58. The van der Waals surface area contributed by atoms with Crippen LogP contribution in [-0.4, -0.2) is 15.0 Å². The Hall–Kier alpha value is -1.94. The largest absolute Gasteiger partial charge is 0.351 e. The zero-order valence-electron chi connectivity index (χ0n) is 10.4. The number of fused-ring (bicyclic) bond motifs is 3. The molecular weight excluding hydrogens is 254 g/mol. The number of hydrogen-bond acceptors (Lipinski definition) is 3. The van der Waals surface area contributed by atoms with E-state index in [4.69, 9.17) is 4.98 Å². The van der Waals surface area contributed by atoms with Crippen molar-refractivity contribution in [1.82, 2.24) is 15.0 Å². The minimum absolute atomic E-state index is 0.956. The van der Waals surface area contributed by atoms with Gasteiger partial charge < -0.3 is 4.98 Å². The highest BCUT2D eigenvalue weighted by molar-refractivity contribution is 7.12. The topological polar surface area (TPSA) is 41.6 Å². The molecule has 1 aliphatic rings. The molecule has 0 bridgehead atoms. The Morgan fingerprint density at radius 2 is 2.16 bits per heavy atom. The maximum absolute atomic E-state index is 4.81. The minimum atomic E-state index is 0.956. The lowest BCUT2D eigenvalue weighted by atomic mass is 10.1. The monoisotopic (exact) mass is 267 g/mol. The molecule has 0 fully saturated rings. The molecule has 2 heterocycles. The first-order chi connectivity index (χ1) is 9.40. The van der Waals surface area contributed by atoms with Crippen molar-refractivity contribution in [3.63, 3.8) is 0 Å². The summed E-state index contributed by atoms with van der Waals surface area (Å²) >= 11 is 1.85. The molecule has 0 aliphatic heterocycles. The normalized spacial score (nSPS) is 12.4. The highest BCUT2D eigenvalue weighted by atomic mass is 32.1. The van der Waals surface area contributed by atoms with Gasteiger partial charge in [0.15, 0.2) is 0 Å². The third-order valence-electron chi connectivity index (χ3n) is 3.51. The lowest BCUT2D eigenvalue weighted by Gasteiger charge is -1.98. The van der Waals surface area contributed by atoms with Crippen molar-refractivity contribution in [2.24, 2.45) is 0 Å². The number of rotatable bonds is 3. The van der Waals surface area contributed by atoms with Gasteiger partial charge in [-0.25, -0.2) is 9.97 Å². The Balaban J connectivity index is 1.59. The van der Waals surface area contributed by atoms with E-state index < -0.39 is 0 Å². The van der Waals surface area contributed by atoms with Gasteiger partial charge in [0, 0.05) is 29.5 Å². The molecule has 0 radical (unpaired) electrons. The van der Waals surface area contributed by atoms with Crippen LogP contribution in [0.1, 0.15) is 21.1 Å². The summed E-state index contributed by atoms with van der Waals surface area (Å²) in [5, 5.41) is 1.22. The van der Waals surface area contributed by atoms with E-state index in [2.05, 4.69) is 34.2 Å². The van der Waals surface area contributed by atoms with Gasteiger partial charge in [0.25, 0.3) is 0 Å². The first-order valence-electron chi connectivity index (χ1n) is 6.44. The van der Waals surface area contributed by atoms with E-state index in [-0.39, 0.29) is 0 Å². The summed E-state index contributed by atoms with van der Waals surface area (Å²) in [7, 11) is 0. The number of hydrogen-bond donors (Lipinski definition) is 1. The van der Waals surface area contributed by atoms with Gasteiger partial charge in [0.05, 0.1) is 22.7 Å². The lowest BCUT2D eigenvalue weighted by molar-refractivity contribution is 0.914. The average Bonchev–Trinajstić information content (AvgIpc) is 3.12. The van der Waals surface area contributed by atoms with E-state index in [1.807, 2.05) is 17.5 Å². The predicted molar refractivity (Wildman–Crippen MR) is 76.4 cm³/mol. The van der Waals surface area contributed by atoms with Gasteiger partial charge in [-0.05, 0) is 12.0 Å². The number of thiazole rings is 1. The third-order valence-corrected chi connectivity index (χ3v) is 4.63. The number of aromatic amines is 1. The maximum Gasteiger partial charge on any atom is 0.0939 e. The number of benzene rings is 1. The Morgan fingerprint density at radius 3 is 3.05 bits per heavy atom. The molecule has 4 rings (SSSR count). The molecule has 1 aromatic carbocycles. The molecule has 1 aliphatic carbocycles.